The largest absolute Gasteiger partial charge is 2.00 e. The number of aromatic nitrogens is 4. The van der Waals surface area contributed by atoms with Crippen LogP contribution in [0.15, 0.2) is 145 Å². The molecule has 2 N–H and O–H groups in total. The molecule has 0 amide bonds. The van der Waals surface area contributed by atoms with Crippen molar-refractivity contribution in [2.75, 3.05) is 13.1 Å². The van der Waals surface area contributed by atoms with Crippen LogP contribution in [0.2, 0.25) is 0 Å². The van der Waals surface area contributed by atoms with Gasteiger partial charge in [0.1, 0.15) is 6.07 Å². The van der Waals surface area contributed by atoms with Crippen molar-refractivity contribution in [2.45, 2.75) is 19.3 Å². The summed E-state index contributed by atoms with van der Waals surface area (Å²) in [5.41, 5.74) is 11.8. The molecule has 6 heterocycles. The van der Waals surface area contributed by atoms with Gasteiger partial charge in [-0.3, -0.25) is 0 Å². The second-order valence-corrected chi connectivity index (χ2v) is 14.9. The summed E-state index contributed by atoms with van der Waals surface area (Å²) in [6, 6.07) is 47.4. The molecule has 3 aliphatic heterocycles. The van der Waals surface area contributed by atoms with Crippen LogP contribution < -0.4 is 20.4 Å². The van der Waals surface area contributed by atoms with Crippen LogP contribution in [0, 0.1) is 11.3 Å². The second-order valence-electron chi connectivity index (χ2n) is 14.9. The molecular weight excluding hydrogens is 818 g/mol. The molecule has 3 aromatic heterocycles. The molecule has 0 saturated carbocycles. The molecule has 4 aromatic carbocycles. The number of carboxylic acids is 1. The minimum absolute atomic E-state index is 0. The fraction of sp³-hybridized carbons (Fsp3) is 0.0943. The van der Waals surface area contributed by atoms with Crippen molar-refractivity contribution in [1.82, 2.24) is 19.9 Å². The van der Waals surface area contributed by atoms with Crippen LogP contribution in [0.1, 0.15) is 47.6 Å². The maximum atomic E-state index is 12.2. The van der Waals surface area contributed by atoms with Gasteiger partial charge in [0.15, 0.2) is 0 Å². The fourth-order valence-electron chi connectivity index (χ4n) is 8.09. The zero-order valence-electron chi connectivity index (χ0n) is 34.0. The normalized spacial score (nSPS) is 13.0. The van der Waals surface area contributed by atoms with Crippen LogP contribution in [0.3, 0.4) is 0 Å². The molecule has 7 aromatic rings. The first-order valence-corrected chi connectivity index (χ1v) is 20.5. The van der Waals surface area contributed by atoms with E-state index in [1.807, 2.05) is 152 Å². The molecule has 0 radical (unpaired) electrons. The molecule has 296 valence electrons. The van der Waals surface area contributed by atoms with E-state index < -0.39 is 11.5 Å². The van der Waals surface area contributed by atoms with E-state index in [1.54, 1.807) is 6.07 Å². The third-order valence-electron chi connectivity index (χ3n) is 11.0. The number of carbonyl (C=O) groups excluding carboxylic acids is 1. The van der Waals surface area contributed by atoms with Crippen LogP contribution in [-0.4, -0.2) is 29.0 Å². The Bertz CT molecular complexity index is 3040. The molecule has 1 saturated heterocycles. The Labute approximate surface area is 372 Å². The van der Waals surface area contributed by atoms with Gasteiger partial charge >= 0.3 is 19.5 Å². The van der Waals surface area contributed by atoms with Gasteiger partial charge in [0.25, 0.3) is 0 Å². The number of quaternary nitrogens is 1. The van der Waals surface area contributed by atoms with Crippen LogP contribution >= 0.6 is 0 Å². The average Bonchev–Trinajstić information content (AvgIpc) is 4.16. The molecule has 8 nitrogen and oxygen atoms in total. The van der Waals surface area contributed by atoms with Crippen LogP contribution in [0.25, 0.3) is 97.0 Å². The Morgan fingerprint density at radius 3 is 1.34 bits per heavy atom. The van der Waals surface area contributed by atoms with E-state index in [0.717, 1.165) is 55.7 Å². The minimum Gasteiger partial charge on any atom is -0.657 e. The van der Waals surface area contributed by atoms with Crippen molar-refractivity contribution in [3.63, 3.8) is 0 Å². The summed E-state index contributed by atoms with van der Waals surface area (Å²) in [5.74, 6) is -1.58. The molecule has 0 atom stereocenters. The molecule has 8 bridgehead atoms. The Balaban J connectivity index is 0.000000698. The summed E-state index contributed by atoms with van der Waals surface area (Å²) in [4.78, 5) is 33.3. The molecule has 9 heteroatoms. The minimum atomic E-state index is -1.58. The third kappa shape index (κ3) is 8.66. The maximum Gasteiger partial charge on any atom is 2.00 e. The first-order valence-electron chi connectivity index (χ1n) is 20.5. The van der Waals surface area contributed by atoms with Crippen molar-refractivity contribution in [1.29, 1.82) is 5.26 Å². The molecule has 3 aliphatic rings. The van der Waals surface area contributed by atoms with Crippen molar-refractivity contribution < 1.29 is 34.7 Å². The number of carbonyl (C=O) groups is 1. The van der Waals surface area contributed by atoms with Crippen LogP contribution in [-0.2, 0) is 24.3 Å². The molecule has 0 aliphatic carbocycles. The van der Waals surface area contributed by atoms with Gasteiger partial charge in [-0.05, 0) is 99.7 Å². The van der Waals surface area contributed by atoms with Crippen molar-refractivity contribution in [2.24, 2.45) is 0 Å². The summed E-state index contributed by atoms with van der Waals surface area (Å²) in [6.45, 7) is 2.75. The summed E-state index contributed by atoms with van der Waals surface area (Å²) >= 11 is 0. The number of carboxylic acid groups (broad SMARTS) is 1. The van der Waals surface area contributed by atoms with Gasteiger partial charge in [-0.1, -0.05) is 140 Å². The standard InChI is InChI=1S/C48H30N5O2.C5H11N.Zn/c49-29-35(48(54)55)27-34-28-42-45(32-17-9-3-10-18-32)40-24-23-38(51-40)43(30-13-5-1-6-14-30)36-21-22-37(50-36)44(31-15-7-2-8-16-31)39-25-26-41(52-39)46(47(34)53-42)33-19-11-4-12-20-33;1-2-4-6-5-3-1;/h1-28H,(H2-,50,51,52,53,54,55);6H,1-5H2;/q-1;;+2/p-1/b35-27+,43-36?,43-38?,44-37?,44-39?,45-40?,45-42?,46-41?,47-46?;;. The van der Waals surface area contributed by atoms with Gasteiger partial charge < -0.3 is 25.2 Å². The van der Waals surface area contributed by atoms with Crippen molar-refractivity contribution in [3.8, 4) is 50.6 Å². The topological polar surface area (TPSA) is 135 Å². The van der Waals surface area contributed by atoms with E-state index >= 15 is 0 Å². The van der Waals surface area contributed by atoms with Gasteiger partial charge in [-0.15, -0.1) is 22.1 Å². The fourth-order valence-corrected chi connectivity index (χ4v) is 8.09. The monoisotopic (exact) mass is 856 g/mol. The van der Waals surface area contributed by atoms with E-state index in [1.165, 1.54) is 38.4 Å². The number of rotatable bonds is 6. The van der Waals surface area contributed by atoms with Gasteiger partial charge in [0, 0.05) is 0 Å². The Morgan fingerprint density at radius 2 is 0.968 bits per heavy atom. The number of hydrogen-bond donors (Lipinski definition) is 1. The summed E-state index contributed by atoms with van der Waals surface area (Å²) in [6.07, 6.45) is 13.6. The van der Waals surface area contributed by atoms with E-state index in [4.69, 9.17) is 19.9 Å². The Morgan fingerprint density at radius 1 is 0.565 bits per heavy atom. The molecule has 0 spiro atoms. The summed E-state index contributed by atoms with van der Waals surface area (Å²) in [5, 5.41) is 24.4. The van der Waals surface area contributed by atoms with Gasteiger partial charge in [-0.25, -0.2) is 9.97 Å². The zero-order chi connectivity index (χ0) is 41.5. The number of aliphatic carboxylic acids is 1. The number of fused-ring (bicyclic) bond motifs is 8. The average molecular weight is 858 g/mol. The number of hydrogen-bond acceptors (Lipinski definition) is 5. The quantitative estimate of drug-likeness (QED) is 0.100. The number of benzene rings is 4. The van der Waals surface area contributed by atoms with E-state index in [2.05, 4.69) is 17.4 Å². The molecule has 1 fully saturated rings. The van der Waals surface area contributed by atoms with Gasteiger partial charge in [0.2, 0.25) is 0 Å². The molecule has 10 rings (SSSR count). The molecular formula is C53H40N6O2Zn. The van der Waals surface area contributed by atoms with E-state index in [9.17, 15) is 15.2 Å². The van der Waals surface area contributed by atoms with Gasteiger partial charge in [0.05, 0.1) is 47.4 Å². The summed E-state index contributed by atoms with van der Waals surface area (Å²) in [7, 11) is 0. The first kappa shape index (κ1) is 41.5. The van der Waals surface area contributed by atoms with E-state index in [0.29, 0.717) is 39.2 Å². The van der Waals surface area contributed by atoms with Crippen LogP contribution in [0.5, 0.6) is 0 Å². The first-order chi connectivity index (χ1) is 30.1. The Hall–Kier alpha value is -7.24. The Kier molecular flexibility index (Phi) is 12.7. The van der Waals surface area contributed by atoms with Crippen molar-refractivity contribution >= 4 is 58.4 Å². The zero-order valence-corrected chi connectivity index (χ0v) is 37.0. The van der Waals surface area contributed by atoms with Crippen LogP contribution in [0.4, 0.5) is 0 Å². The van der Waals surface area contributed by atoms with E-state index in [-0.39, 0.29) is 19.5 Å². The molecule has 62 heavy (non-hydrogen) atoms. The second kappa shape index (κ2) is 19.0. The van der Waals surface area contributed by atoms with Gasteiger partial charge in [-0.2, -0.15) is 5.26 Å². The number of nitriles is 1. The SMILES string of the molecule is C1CC[NH2+]CC1.N#C/C(=C\c1cc2[n-]c1c(-c1ccccc1)c1nc(c(-c3ccccc3)c3ccc([n-]3)c(-c3ccccc3)c3nc(c2-c2ccccc2)C=C3)C=C1)C(=O)[O-].[Zn+2]. The molecule has 0 unspecified atom stereocenters. The number of piperidine rings is 1. The third-order valence-corrected chi connectivity index (χ3v) is 11.0. The maximum absolute atomic E-state index is 12.2. The number of nitrogens with zero attached hydrogens (tertiary/aromatic N) is 5. The predicted molar refractivity (Wildman–Crippen MR) is 243 cm³/mol. The smallest absolute Gasteiger partial charge is 0.657 e. The number of nitrogens with two attached hydrogens (primary N) is 1. The van der Waals surface area contributed by atoms with Crippen molar-refractivity contribution in [3.05, 3.63) is 173 Å². The predicted octanol–water partition coefficient (Wildman–Crippen LogP) is 8.97. The summed E-state index contributed by atoms with van der Waals surface area (Å²) < 4.78 is 0.